The topological polar surface area (TPSA) is 68.8 Å². The summed E-state index contributed by atoms with van der Waals surface area (Å²) in [7, 11) is 0. The van der Waals surface area contributed by atoms with Crippen molar-refractivity contribution in [1.82, 2.24) is 14.8 Å². The first-order valence-corrected chi connectivity index (χ1v) is 12.6. The maximum atomic E-state index is 6.21. The lowest BCUT2D eigenvalue weighted by atomic mass is 9.92. The first-order chi connectivity index (χ1) is 15.3. The monoisotopic (exact) mass is 449 g/mol. The molecular weight excluding hydrogens is 414 g/mol. The lowest BCUT2D eigenvalue weighted by Gasteiger charge is -2.21. The highest BCUT2D eigenvalue weighted by atomic mass is 32.2. The van der Waals surface area contributed by atoms with Crippen molar-refractivity contribution in [2.24, 2.45) is 5.73 Å². The van der Waals surface area contributed by atoms with Crippen LogP contribution in [0.25, 0.3) is 11.4 Å². The van der Waals surface area contributed by atoms with Gasteiger partial charge in [-0.3, -0.25) is 4.98 Å². The summed E-state index contributed by atoms with van der Waals surface area (Å²) < 4.78 is 2.10. The Morgan fingerprint density at radius 3 is 2.72 bits per heavy atom. The van der Waals surface area contributed by atoms with Gasteiger partial charge in [0.2, 0.25) is 0 Å². The Labute approximate surface area is 196 Å². The van der Waals surface area contributed by atoms with Gasteiger partial charge in [0.1, 0.15) is 11.5 Å². The van der Waals surface area contributed by atoms with Gasteiger partial charge >= 0.3 is 0 Å². The van der Waals surface area contributed by atoms with Crippen molar-refractivity contribution in [2.75, 3.05) is 11.1 Å². The summed E-state index contributed by atoms with van der Waals surface area (Å²) in [5, 5.41) is 8.95. The average molecular weight is 450 g/mol. The summed E-state index contributed by atoms with van der Waals surface area (Å²) in [4.78, 5) is 4.64. The van der Waals surface area contributed by atoms with Crippen LogP contribution in [-0.4, -0.2) is 32.1 Å². The number of aryl methyl sites for hydroxylation is 3. The second kappa shape index (κ2) is 9.28. The maximum absolute atomic E-state index is 6.21. The zero-order valence-electron chi connectivity index (χ0n) is 19.9. The Balaban J connectivity index is 1.79. The third kappa shape index (κ3) is 4.86. The van der Waals surface area contributed by atoms with Crippen LogP contribution in [0.2, 0.25) is 0 Å². The van der Waals surface area contributed by atoms with Crippen LogP contribution in [0.3, 0.4) is 0 Å². The second-order valence-corrected chi connectivity index (χ2v) is 10.7. The Morgan fingerprint density at radius 2 is 2.06 bits per heavy atom. The van der Waals surface area contributed by atoms with Crippen LogP contribution < -0.4 is 11.1 Å². The highest BCUT2D eigenvalue weighted by molar-refractivity contribution is 7.99. The molecule has 5 nitrogen and oxygen atoms in total. The van der Waals surface area contributed by atoms with Crippen molar-refractivity contribution in [3.05, 3.63) is 64.8 Å². The second-order valence-electron chi connectivity index (χ2n) is 9.58. The number of hydrogen-bond acceptors (Lipinski definition) is 5. The summed E-state index contributed by atoms with van der Waals surface area (Å²) in [6.45, 7) is 11.6. The number of aromatic nitrogens is 3. The summed E-state index contributed by atoms with van der Waals surface area (Å²) >= 11 is 1.99. The van der Waals surface area contributed by atoms with Gasteiger partial charge in [-0.05, 0) is 76.3 Å². The normalized spacial score (nSPS) is 18.7. The third-order valence-electron chi connectivity index (χ3n) is 6.03. The number of rotatable bonds is 6. The van der Waals surface area contributed by atoms with E-state index in [9.17, 15) is 0 Å². The van der Waals surface area contributed by atoms with Crippen LogP contribution in [0.1, 0.15) is 61.6 Å². The number of nitrogens with one attached hydrogen (secondary N) is 1. The van der Waals surface area contributed by atoms with Gasteiger partial charge in [-0.15, -0.1) is 11.8 Å². The molecule has 2 aromatic heterocycles. The number of anilines is 1. The molecule has 1 aromatic carbocycles. The molecule has 0 bridgehead atoms. The van der Waals surface area contributed by atoms with Gasteiger partial charge < -0.3 is 11.1 Å². The largest absolute Gasteiger partial charge is 0.367 e. The van der Waals surface area contributed by atoms with Crippen LogP contribution >= 0.6 is 11.8 Å². The number of nitrogens with zero attached hydrogens (tertiary/aromatic N) is 3. The molecule has 6 heteroatoms. The minimum Gasteiger partial charge on any atom is -0.367 e. The Bertz CT molecular complexity index is 1070. The van der Waals surface area contributed by atoms with Gasteiger partial charge in [-0.25, -0.2) is 4.68 Å². The van der Waals surface area contributed by atoms with E-state index < -0.39 is 0 Å². The fraction of sp³-hybridized carbons (Fsp3) is 0.462. The van der Waals surface area contributed by atoms with E-state index in [1.807, 2.05) is 30.1 Å². The van der Waals surface area contributed by atoms with Crippen molar-refractivity contribution in [3.63, 3.8) is 0 Å². The molecule has 0 saturated carbocycles. The Kier molecular flexibility index (Phi) is 6.63. The minimum atomic E-state index is -0.146. The Hall–Kier alpha value is -2.31. The number of thioether (sulfide) groups is 1. The van der Waals surface area contributed by atoms with Gasteiger partial charge in [0.05, 0.1) is 10.9 Å². The van der Waals surface area contributed by atoms with Crippen molar-refractivity contribution in [1.29, 1.82) is 0 Å². The van der Waals surface area contributed by atoms with Gasteiger partial charge in [0.25, 0.3) is 0 Å². The van der Waals surface area contributed by atoms with E-state index in [2.05, 4.69) is 73.9 Å². The average Bonchev–Trinajstić information content (AvgIpc) is 3.02. The van der Waals surface area contributed by atoms with Crippen molar-refractivity contribution < 1.29 is 0 Å². The molecule has 0 spiro atoms. The van der Waals surface area contributed by atoms with E-state index in [4.69, 9.17) is 10.8 Å². The molecule has 3 N–H and O–H groups in total. The molecule has 0 amide bonds. The van der Waals surface area contributed by atoms with Crippen LogP contribution in [-0.2, 0) is 13.0 Å². The third-order valence-corrected chi connectivity index (χ3v) is 7.54. The quantitative estimate of drug-likeness (QED) is 0.514. The van der Waals surface area contributed by atoms with E-state index in [1.54, 1.807) is 0 Å². The number of fused-ring (bicyclic) bond motifs is 1. The molecule has 0 aliphatic carbocycles. The van der Waals surface area contributed by atoms with E-state index in [0.29, 0.717) is 6.04 Å². The van der Waals surface area contributed by atoms with Crippen molar-refractivity contribution in [3.8, 4) is 11.4 Å². The predicted molar refractivity (Wildman–Crippen MR) is 136 cm³/mol. The number of nitrogens with two attached hydrogens (primary N) is 1. The fourth-order valence-corrected chi connectivity index (χ4v) is 5.69. The molecular formula is C26H35N5S. The van der Waals surface area contributed by atoms with Gasteiger partial charge in [0.15, 0.2) is 0 Å². The number of pyridine rings is 1. The summed E-state index contributed by atoms with van der Waals surface area (Å²) in [6, 6.07) is 13.4. The molecule has 1 aliphatic heterocycles. The molecule has 170 valence electrons. The molecule has 0 unspecified atom stereocenters. The summed E-state index contributed by atoms with van der Waals surface area (Å²) in [5.41, 5.74) is 13.3. The van der Waals surface area contributed by atoms with Crippen molar-refractivity contribution in [2.45, 2.75) is 70.8 Å². The van der Waals surface area contributed by atoms with Gasteiger partial charge in [0, 0.05) is 35.6 Å². The smallest absolute Gasteiger partial charge is 0.129 e. The molecule has 1 aliphatic rings. The molecule has 2 atom stereocenters. The van der Waals surface area contributed by atoms with Crippen LogP contribution in [0.4, 0.5) is 5.82 Å². The molecule has 32 heavy (non-hydrogen) atoms. The highest BCUT2D eigenvalue weighted by Crippen LogP contribution is 2.47. The van der Waals surface area contributed by atoms with Gasteiger partial charge in [-0.1, -0.05) is 24.3 Å². The first-order valence-electron chi connectivity index (χ1n) is 11.6. The van der Waals surface area contributed by atoms with E-state index >= 15 is 0 Å². The van der Waals surface area contributed by atoms with E-state index in [1.165, 1.54) is 22.3 Å². The first kappa shape index (κ1) is 22.9. The molecule has 3 heterocycles. The van der Waals surface area contributed by atoms with E-state index in [-0.39, 0.29) is 10.8 Å². The van der Waals surface area contributed by atoms with Crippen LogP contribution in [0, 0.1) is 6.92 Å². The molecule has 0 radical (unpaired) electrons. The summed E-state index contributed by atoms with van der Waals surface area (Å²) in [5.74, 6) is 2.16. The Morgan fingerprint density at radius 1 is 1.25 bits per heavy atom. The fourth-order valence-electron chi connectivity index (χ4n) is 4.30. The van der Waals surface area contributed by atoms with Gasteiger partial charge in [-0.2, -0.15) is 5.10 Å². The standard InChI is InChI=1S/C26H35N5S/c1-6-31-25-22(23(30-31)21-9-7-8-14-28-21)24(32-16-18(3)29-25)20-11-10-19(15-17(20)2)12-13-26(4,5)27/h7-11,14-15,18,24,29H,6,12-13,16,27H2,1-5H3/t18-,24-/m0/s1. The van der Waals surface area contributed by atoms with Crippen LogP contribution in [0.5, 0.6) is 0 Å². The lowest BCUT2D eigenvalue weighted by molar-refractivity contribution is 0.477. The zero-order chi connectivity index (χ0) is 22.9. The SMILES string of the molecule is CCn1nc(-c2ccccn2)c2c1N[C@@H](C)CS[C@H]2c1ccc(CCC(C)(C)N)cc1C. The highest BCUT2D eigenvalue weighted by Gasteiger charge is 2.32. The predicted octanol–water partition coefficient (Wildman–Crippen LogP) is 5.58. The van der Waals surface area contributed by atoms with E-state index in [0.717, 1.165) is 42.3 Å². The maximum Gasteiger partial charge on any atom is 0.129 e. The minimum absolute atomic E-state index is 0.146. The number of hydrogen-bond donors (Lipinski definition) is 2. The lowest BCUT2D eigenvalue weighted by Crippen LogP contribution is -2.32. The zero-order valence-corrected chi connectivity index (χ0v) is 20.7. The molecule has 3 aromatic rings. The summed E-state index contributed by atoms with van der Waals surface area (Å²) in [6.07, 6.45) is 3.82. The van der Waals surface area contributed by atoms with Crippen molar-refractivity contribution >= 4 is 17.6 Å². The van der Waals surface area contributed by atoms with Crippen LogP contribution in [0.15, 0.2) is 42.6 Å². The molecule has 0 saturated heterocycles. The molecule has 4 rings (SSSR count). The number of benzene rings is 1. The molecule has 0 fully saturated rings.